The van der Waals surface area contributed by atoms with Gasteiger partial charge in [0.05, 0.1) is 6.61 Å². The van der Waals surface area contributed by atoms with Crippen molar-refractivity contribution in [2.45, 2.75) is 58.6 Å². The lowest BCUT2D eigenvalue weighted by Crippen LogP contribution is -2.16. The van der Waals surface area contributed by atoms with Gasteiger partial charge in [0.25, 0.3) is 0 Å². The molecule has 1 atom stereocenters. The van der Waals surface area contributed by atoms with Crippen LogP contribution in [0.25, 0.3) is 0 Å². The number of ether oxygens (including phenoxy) is 1. The number of benzene rings is 1. The van der Waals surface area contributed by atoms with Crippen molar-refractivity contribution in [3.05, 3.63) is 29.8 Å². The number of hydrogen-bond acceptors (Lipinski definition) is 2. The number of para-hydroxylation sites is 1. The topological polar surface area (TPSA) is 21.3 Å². The average Bonchev–Trinajstić information content (AvgIpc) is 2.37. The van der Waals surface area contributed by atoms with E-state index >= 15 is 0 Å². The van der Waals surface area contributed by atoms with Crippen molar-refractivity contribution in [2.24, 2.45) is 0 Å². The first-order chi connectivity index (χ1) is 8.77. The largest absolute Gasteiger partial charge is 0.382 e. The van der Waals surface area contributed by atoms with E-state index in [2.05, 4.69) is 43.4 Å². The third-order valence-corrected chi connectivity index (χ3v) is 3.21. The van der Waals surface area contributed by atoms with Crippen LogP contribution < -0.4 is 5.32 Å². The number of hydrogen-bond donors (Lipinski definition) is 1. The molecule has 0 fully saturated rings. The molecule has 0 saturated heterocycles. The highest BCUT2D eigenvalue weighted by molar-refractivity contribution is 5.51. The van der Waals surface area contributed by atoms with Gasteiger partial charge in [-0.1, -0.05) is 50.8 Å². The second-order valence-corrected chi connectivity index (χ2v) is 4.98. The van der Waals surface area contributed by atoms with E-state index in [0.29, 0.717) is 12.6 Å². The summed E-state index contributed by atoms with van der Waals surface area (Å²) in [5, 5.41) is 3.59. The summed E-state index contributed by atoms with van der Waals surface area (Å²) < 4.78 is 5.22. The van der Waals surface area contributed by atoms with E-state index in [9.17, 15) is 0 Å². The quantitative estimate of drug-likeness (QED) is 0.646. The molecule has 102 valence electrons. The Labute approximate surface area is 112 Å². The van der Waals surface area contributed by atoms with Crippen LogP contribution in [0.5, 0.6) is 0 Å². The zero-order chi connectivity index (χ0) is 13.2. The zero-order valence-corrected chi connectivity index (χ0v) is 12.0. The molecular weight excluding hydrogens is 222 g/mol. The van der Waals surface area contributed by atoms with Gasteiger partial charge in [0.15, 0.2) is 0 Å². The van der Waals surface area contributed by atoms with Crippen molar-refractivity contribution in [1.82, 2.24) is 0 Å². The SMILES string of the molecule is CCCCCCC(C)Nc1ccccc1COC. The van der Waals surface area contributed by atoms with Gasteiger partial charge in [-0.05, 0) is 19.4 Å². The summed E-state index contributed by atoms with van der Waals surface area (Å²) in [7, 11) is 1.74. The number of unbranched alkanes of at least 4 members (excludes halogenated alkanes) is 3. The summed E-state index contributed by atoms with van der Waals surface area (Å²) in [6.45, 7) is 5.18. The monoisotopic (exact) mass is 249 g/mol. The van der Waals surface area contributed by atoms with Gasteiger partial charge in [0.1, 0.15) is 0 Å². The van der Waals surface area contributed by atoms with E-state index in [0.717, 1.165) is 0 Å². The summed E-state index contributed by atoms with van der Waals surface area (Å²) in [4.78, 5) is 0. The van der Waals surface area contributed by atoms with Gasteiger partial charge in [0, 0.05) is 24.4 Å². The Morgan fingerprint density at radius 1 is 1.17 bits per heavy atom. The van der Waals surface area contributed by atoms with Crippen molar-refractivity contribution in [1.29, 1.82) is 0 Å². The number of rotatable bonds is 9. The van der Waals surface area contributed by atoms with Gasteiger partial charge in [0.2, 0.25) is 0 Å². The van der Waals surface area contributed by atoms with Crippen molar-refractivity contribution >= 4 is 5.69 Å². The van der Waals surface area contributed by atoms with Crippen LogP contribution in [0.15, 0.2) is 24.3 Å². The van der Waals surface area contributed by atoms with Crippen molar-refractivity contribution < 1.29 is 4.74 Å². The molecule has 0 saturated carbocycles. The Kier molecular flexibility index (Phi) is 7.51. The molecule has 1 N–H and O–H groups in total. The smallest absolute Gasteiger partial charge is 0.0733 e. The first-order valence-electron chi connectivity index (χ1n) is 7.11. The van der Waals surface area contributed by atoms with E-state index in [1.165, 1.54) is 43.4 Å². The van der Waals surface area contributed by atoms with Crippen molar-refractivity contribution in [3.63, 3.8) is 0 Å². The van der Waals surface area contributed by atoms with Gasteiger partial charge >= 0.3 is 0 Å². The van der Waals surface area contributed by atoms with E-state index in [1.807, 2.05) is 0 Å². The minimum Gasteiger partial charge on any atom is -0.382 e. The molecule has 0 aliphatic heterocycles. The van der Waals surface area contributed by atoms with Crippen molar-refractivity contribution in [2.75, 3.05) is 12.4 Å². The molecule has 0 heterocycles. The molecule has 2 heteroatoms. The minimum atomic E-state index is 0.528. The third kappa shape index (κ3) is 5.54. The maximum atomic E-state index is 5.22. The Morgan fingerprint density at radius 2 is 1.94 bits per heavy atom. The molecule has 1 rings (SSSR count). The Bertz CT molecular complexity index is 325. The molecular formula is C16H27NO. The molecule has 0 aliphatic carbocycles. The first kappa shape index (κ1) is 15.0. The summed E-state index contributed by atoms with van der Waals surface area (Å²) in [5.41, 5.74) is 2.45. The number of nitrogens with one attached hydrogen (secondary N) is 1. The van der Waals surface area contributed by atoms with Gasteiger partial charge < -0.3 is 10.1 Å². The highest BCUT2D eigenvalue weighted by atomic mass is 16.5. The summed E-state index contributed by atoms with van der Waals surface area (Å²) in [6, 6.07) is 8.92. The molecule has 1 aromatic carbocycles. The second-order valence-electron chi connectivity index (χ2n) is 4.98. The Hall–Kier alpha value is -1.02. The maximum Gasteiger partial charge on any atom is 0.0733 e. The fourth-order valence-corrected chi connectivity index (χ4v) is 2.16. The third-order valence-electron chi connectivity index (χ3n) is 3.21. The Balaban J connectivity index is 2.40. The van der Waals surface area contributed by atoms with Crippen LogP contribution in [0, 0.1) is 0 Å². The fourth-order valence-electron chi connectivity index (χ4n) is 2.16. The molecule has 0 spiro atoms. The van der Waals surface area contributed by atoms with E-state index in [4.69, 9.17) is 4.74 Å². The summed E-state index contributed by atoms with van der Waals surface area (Å²) in [6.07, 6.45) is 6.56. The molecule has 0 bridgehead atoms. The van der Waals surface area contributed by atoms with Gasteiger partial charge in [-0.15, -0.1) is 0 Å². The van der Waals surface area contributed by atoms with Gasteiger partial charge in [-0.3, -0.25) is 0 Å². The summed E-state index contributed by atoms with van der Waals surface area (Å²) in [5.74, 6) is 0. The maximum absolute atomic E-state index is 5.22. The molecule has 0 aliphatic rings. The molecule has 2 nitrogen and oxygen atoms in total. The normalized spacial score (nSPS) is 12.4. The van der Waals surface area contributed by atoms with Crippen LogP contribution in [-0.4, -0.2) is 13.2 Å². The second kappa shape index (κ2) is 8.98. The predicted octanol–water partition coefficient (Wildman–Crippen LogP) is 4.60. The molecule has 18 heavy (non-hydrogen) atoms. The Morgan fingerprint density at radius 3 is 2.67 bits per heavy atom. The number of methoxy groups -OCH3 is 1. The highest BCUT2D eigenvalue weighted by Crippen LogP contribution is 2.18. The van der Waals surface area contributed by atoms with Crippen molar-refractivity contribution in [3.8, 4) is 0 Å². The first-order valence-corrected chi connectivity index (χ1v) is 7.11. The highest BCUT2D eigenvalue weighted by Gasteiger charge is 2.05. The van der Waals surface area contributed by atoms with E-state index in [1.54, 1.807) is 7.11 Å². The lowest BCUT2D eigenvalue weighted by Gasteiger charge is -2.18. The van der Waals surface area contributed by atoms with Gasteiger partial charge in [-0.25, -0.2) is 0 Å². The van der Waals surface area contributed by atoms with Gasteiger partial charge in [-0.2, -0.15) is 0 Å². The van der Waals surface area contributed by atoms with Crippen LogP contribution in [0.1, 0.15) is 51.5 Å². The van der Waals surface area contributed by atoms with Crippen LogP contribution in [-0.2, 0) is 11.3 Å². The lowest BCUT2D eigenvalue weighted by atomic mass is 10.1. The van der Waals surface area contributed by atoms with Crippen LogP contribution >= 0.6 is 0 Å². The molecule has 1 aromatic rings. The summed E-state index contributed by atoms with van der Waals surface area (Å²) >= 11 is 0. The van der Waals surface area contributed by atoms with E-state index in [-0.39, 0.29) is 0 Å². The van der Waals surface area contributed by atoms with Crippen LogP contribution in [0.3, 0.4) is 0 Å². The average molecular weight is 249 g/mol. The molecule has 0 amide bonds. The lowest BCUT2D eigenvalue weighted by molar-refractivity contribution is 0.185. The fraction of sp³-hybridized carbons (Fsp3) is 0.625. The number of anilines is 1. The van der Waals surface area contributed by atoms with Crippen LogP contribution in [0.4, 0.5) is 5.69 Å². The predicted molar refractivity (Wildman–Crippen MR) is 79.0 cm³/mol. The minimum absolute atomic E-state index is 0.528. The van der Waals surface area contributed by atoms with Crippen LogP contribution in [0.2, 0.25) is 0 Å². The molecule has 0 aromatic heterocycles. The molecule has 1 unspecified atom stereocenters. The van der Waals surface area contributed by atoms with E-state index < -0.39 is 0 Å². The zero-order valence-electron chi connectivity index (χ0n) is 12.0. The standard InChI is InChI=1S/C16H27NO/c1-4-5-6-7-10-14(2)17-16-12-9-8-11-15(16)13-18-3/h8-9,11-12,14,17H,4-7,10,13H2,1-3H3. The molecule has 0 radical (unpaired) electrons.